The largest absolute Gasteiger partial charge is 0.314 e. The molecule has 0 atom stereocenters. The molecule has 1 aromatic carbocycles. The summed E-state index contributed by atoms with van der Waals surface area (Å²) in [6.07, 6.45) is 1.65. The Balaban J connectivity index is 2.29. The van der Waals surface area contributed by atoms with Crippen molar-refractivity contribution in [2.24, 2.45) is 0 Å². The lowest BCUT2D eigenvalue weighted by Gasteiger charge is -2.02. The smallest absolute Gasteiger partial charge is 0.281 e. The second-order valence-electron chi connectivity index (χ2n) is 4.27. The van der Waals surface area contributed by atoms with Crippen molar-refractivity contribution < 1.29 is 9.85 Å². The van der Waals surface area contributed by atoms with E-state index in [4.69, 9.17) is 0 Å². The molecule has 0 saturated carbocycles. The first-order valence-corrected chi connectivity index (χ1v) is 5.96. The van der Waals surface area contributed by atoms with Gasteiger partial charge in [0, 0.05) is 12.6 Å². The van der Waals surface area contributed by atoms with Gasteiger partial charge in [-0.2, -0.15) is 0 Å². The van der Waals surface area contributed by atoms with Crippen LogP contribution in [0.1, 0.15) is 11.3 Å². The third kappa shape index (κ3) is 3.36. The van der Waals surface area contributed by atoms with Crippen LogP contribution in [0.15, 0.2) is 24.4 Å². The number of nitrogens with zero attached hydrogens (tertiary/aromatic N) is 5. The third-order valence-electron chi connectivity index (χ3n) is 2.75. The molecule has 1 heterocycles. The highest BCUT2D eigenvalue weighted by Crippen LogP contribution is 2.25. The molecule has 0 bridgehead atoms. The zero-order valence-electron chi connectivity index (χ0n) is 11.1. The van der Waals surface area contributed by atoms with Gasteiger partial charge >= 0.3 is 0 Å². The molecule has 2 rings (SSSR count). The Morgan fingerprint density at radius 2 is 2.05 bits per heavy atom. The Morgan fingerprint density at radius 1 is 1.29 bits per heavy atom. The minimum absolute atomic E-state index is 0.116. The Kier molecular flexibility index (Phi) is 4.18. The van der Waals surface area contributed by atoms with Crippen LogP contribution in [0.25, 0.3) is 0 Å². The van der Waals surface area contributed by atoms with E-state index in [1.165, 1.54) is 16.8 Å². The van der Waals surface area contributed by atoms with Gasteiger partial charge in [0.25, 0.3) is 11.4 Å². The zero-order valence-corrected chi connectivity index (χ0v) is 11.1. The average Bonchev–Trinajstić information content (AvgIpc) is 2.86. The van der Waals surface area contributed by atoms with Crippen LogP contribution in [0.2, 0.25) is 0 Å². The molecule has 0 aliphatic heterocycles. The fraction of sp³-hybridized carbons (Fsp3) is 0.273. The number of non-ortho nitro benzene ring substituents is 1. The van der Waals surface area contributed by atoms with Crippen molar-refractivity contribution in [2.45, 2.75) is 13.1 Å². The second kappa shape index (κ2) is 6.05. The van der Waals surface area contributed by atoms with Crippen LogP contribution in [0.5, 0.6) is 0 Å². The van der Waals surface area contributed by atoms with Gasteiger partial charge in [0.05, 0.1) is 39.9 Å². The highest BCUT2D eigenvalue weighted by Gasteiger charge is 2.19. The third-order valence-corrected chi connectivity index (χ3v) is 2.75. The van der Waals surface area contributed by atoms with E-state index in [1.54, 1.807) is 13.2 Å². The lowest BCUT2D eigenvalue weighted by atomic mass is 10.1. The van der Waals surface area contributed by atoms with Gasteiger partial charge in [-0.25, -0.2) is 4.68 Å². The van der Waals surface area contributed by atoms with Crippen molar-refractivity contribution >= 4 is 11.4 Å². The van der Waals surface area contributed by atoms with Crippen LogP contribution in [0, 0.1) is 20.2 Å². The summed E-state index contributed by atoms with van der Waals surface area (Å²) in [7, 11) is 1.76. The number of hydrogen-bond acceptors (Lipinski definition) is 7. The summed E-state index contributed by atoms with van der Waals surface area (Å²) in [5.74, 6) is 0. The van der Waals surface area contributed by atoms with Gasteiger partial charge in [0.2, 0.25) is 0 Å². The van der Waals surface area contributed by atoms with E-state index in [0.717, 1.165) is 6.07 Å². The summed E-state index contributed by atoms with van der Waals surface area (Å²) in [6, 6.07) is 3.53. The molecule has 21 heavy (non-hydrogen) atoms. The number of benzene rings is 1. The van der Waals surface area contributed by atoms with Gasteiger partial charge < -0.3 is 5.32 Å². The van der Waals surface area contributed by atoms with E-state index < -0.39 is 9.85 Å². The highest BCUT2D eigenvalue weighted by atomic mass is 16.6. The van der Waals surface area contributed by atoms with Crippen molar-refractivity contribution in [3.63, 3.8) is 0 Å². The van der Waals surface area contributed by atoms with E-state index in [0.29, 0.717) is 17.8 Å². The molecule has 0 radical (unpaired) electrons. The molecule has 10 nitrogen and oxygen atoms in total. The van der Waals surface area contributed by atoms with Crippen LogP contribution in [-0.2, 0) is 13.1 Å². The summed E-state index contributed by atoms with van der Waals surface area (Å²) in [5, 5.41) is 32.4. The normalized spacial score (nSPS) is 10.5. The van der Waals surface area contributed by atoms with Gasteiger partial charge in [0.1, 0.15) is 0 Å². The first-order valence-electron chi connectivity index (χ1n) is 5.96. The van der Waals surface area contributed by atoms with Crippen LogP contribution in [0.4, 0.5) is 11.4 Å². The van der Waals surface area contributed by atoms with Crippen molar-refractivity contribution in [2.75, 3.05) is 7.05 Å². The van der Waals surface area contributed by atoms with Crippen LogP contribution in [0.3, 0.4) is 0 Å². The van der Waals surface area contributed by atoms with E-state index in [2.05, 4.69) is 15.6 Å². The molecule has 110 valence electrons. The molecule has 2 aromatic rings. The summed E-state index contributed by atoms with van der Waals surface area (Å²) in [4.78, 5) is 20.4. The molecule has 0 fully saturated rings. The quantitative estimate of drug-likeness (QED) is 0.617. The van der Waals surface area contributed by atoms with Gasteiger partial charge in [-0.1, -0.05) is 5.21 Å². The second-order valence-corrected chi connectivity index (χ2v) is 4.27. The molecular formula is C11H12N6O4. The van der Waals surface area contributed by atoms with Gasteiger partial charge in [-0.05, 0) is 13.1 Å². The Hall–Kier alpha value is -2.88. The highest BCUT2D eigenvalue weighted by molar-refractivity contribution is 5.49. The van der Waals surface area contributed by atoms with Crippen molar-refractivity contribution in [1.29, 1.82) is 0 Å². The summed E-state index contributed by atoms with van der Waals surface area (Å²) in [5.41, 5.74) is 0.392. The first kappa shape index (κ1) is 14.5. The van der Waals surface area contributed by atoms with Gasteiger partial charge in [-0.3, -0.25) is 20.2 Å². The van der Waals surface area contributed by atoms with E-state index in [9.17, 15) is 20.2 Å². The molecule has 0 spiro atoms. The van der Waals surface area contributed by atoms with Gasteiger partial charge in [-0.15, -0.1) is 5.10 Å². The Labute approximate surface area is 118 Å². The predicted molar refractivity (Wildman–Crippen MR) is 71.6 cm³/mol. The Morgan fingerprint density at radius 3 is 2.67 bits per heavy atom. The molecule has 0 saturated heterocycles. The zero-order chi connectivity index (χ0) is 15.4. The number of nitro benzene ring substituents is 2. The summed E-state index contributed by atoms with van der Waals surface area (Å²) < 4.78 is 1.45. The van der Waals surface area contributed by atoms with Crippen LogP contribution < -0.4 is 5.32 Å². The number of aromatic nitrogens is 3. The average molecular weight is 292 g/mol. The SMILES string of the molecule is CNCc1cn(Cc2ccc([N+](=O)[O-])cc2[N+](=O)[O-])nn1. The monoisotopic (exact) mass is 292 g/mol. The lowest BCUT2D eigenvalue weighted by molar-refractivity contribution is -0.394. The number of rotatable bonds is 6. The Bertz CT molecular complexity index is 683. The van der Waals surface area contributed by atoms with E-state index in [-0.39, 0.29) is 17.9 Å². The fourth-order valence-corrected chi connectivity index (χ4v) is 1.82. The predicted octanol–water partition coefficient (Wildman–Crippen LogP) is 0.862. The van der Waals surface area contributed by atoms with E-state index >= 15 is 0 Å². The molecular weight excluding hydrogens is 280 g/mol. The maximum Gasteiger partial charge on any atom is 0.281 e. The molecule has 0 unspecified atom stereocenters. The maximum atomic E-state index is 11.0. The topological polar surface area (TPSA) is 129 Å². The van der Waals surface area contributed by atoms with Crippen molar-refractivity contribution in [3.05, 3.63) is 55.9 Å². The maximum absolute atomic E-state index is 11.0. The summed E-state index contributed by atoms with van der Waals surface area (Å²) >= 11 is 0. The minimum atomic E-state index is -0.669. The molecule has 0 aliphatic rings. The van der Waals surface area contributed by atoms with Gasteiger partial charge in [0.15, 0.2) is 0 Å². The van der Waals surface area contributed by atoms with Crippen molar-refractivity contribution in [1.82, 2.24) is 20.3 Å². The standard InChI is InChI=1S/C11H12N6O4/c1-12-5-9-7-15(14-13-9)6-8-2-3-10(16(18)19)4-11(8)17(20)21/h2-4,7,12H,5-6H2,1H3. The summed E-state index contributed by atoms with van der Waals surface area (Å²) in [6.45, 7) is 0.646. The van der Waals surface area contributed by atoms with Crippen LogP contribution >= 0.6 is 0 Å². The molecule has 1 N–H and O–H groups in total. The number of nitrogens with one attached hydrogen (secondary N) is 1. The number of nitro groups is 2. The van der Waals surface area contributed by atoms with Crippen molar-refractivity contribution in [3.8, 4) is 0 Å². The molecule has 0 aliphatic carbocycles. The number of hydrogen-bond donors (Lipinski definition) is 1. The van der Waals surface area contributed by atoms with Crippen LogP contribution in [-0.4, -0.2) is 31.9 Å². The fourth-order valence-electron chi connectivity index (χ4n) is 1.82. The first-order chi connectivity index (χ1) is 10.0. The molecule has 1 aromatic heterocycles. The molecule has 10 heteroatoms. The minimum Gasteiger partial charge on any atom is -0.314 e. The lowest BCUT2D eigenvalue weighted by Crippen LogP contribution is -2.05. The molecule has 0 amide bonds. The van der Waals surface area contributed by atoms with E-state index in [1.807, 2.05) is 0 Å².